The first kappa shape index (κ1) is 13.5. The van der Waals surface area contributed by atoms with Crippen LogP contribution in [0.15, 0.2) is 0 Å². The van der Waals surface area contributed by atoms with Crippen LogP contribution in [0.2, 0.25) is 0 Å². The van der Waals surface area contributed by atoms with Crippen molar-refractivity contribution in [3.05, 3.63) is 0 Å². The van der Waals surface area contributed by atoms with Gasteiger partial charge in [-0.2, -0.15) is 0 Å². The number of hydrogen-bond acceptors (Lipinski definition) is 1. The van der Waals surface area contributed by atoms with Crippen molar-refractivity contribution in [2.75, 3.05) is 0 Å². The average molecular weight is 263 g/mol. The molecule has 0 spiro atoms. The first-order chi connectivity index (χ1) is 9.08. The lowest BCUT2D eigenvalue weighted by atomic mass is 9.74. The molecule has 0 aliphatic heterocycles. The fraction of sp³-hybridized carbons (Fsp3) is 0.941. The standard InChI is InChI=1S/C17H29NO/c1-12(15-11-13-6-7-14(15)10-13)18-16(19)17(2)8-4-3-5-9-17/h12-15H,3-11H2,1-2H3,(H,18,19)/t12-,13-,14-,15-/m0/s1. The molecule has 3 rings (SSSR count). The summed E-state index contributed by atoms with van der Waals surface area (Å²) in [4.78, 5) is 12.6. The van der Waals surface area contributed by atoms with Crippen LogP contribution in [0.25, 0.3) is 0 Å². The summed E-state index contributed by atoms with van der Waals surface area (Å²) in [6.45, 7) is 4.42. The predicted octanol–water partition coefficient (Wildman–Crippen LogP) is 3.90. The molecule has 2 heteroatoms. The van der Waals surface area contributed by atoms with Crippen LogP contribution in [0.4, 0.5) is 0 Å². The molecule has 0 aromatic heterocycles. The summed E-state index contributed by atoms with van der Waals surface area (Å²) in [5, 5.41) is 3.38. The normalized spacial score (nSPS) is 38.1. The van der Waals surface area contributed by atoms with Gasteiger partial charge in [-0.15, -0.1) is 0 Å². The third-order valence-corrected chi connectivity index (χ3v) is 6.30. The van der Waals surface area contributed by atoms with Gasteiger partial charge in [-0.05, 0) is 56.8 Å². The van der Waals surface area contributed by atoms with Crippen LogP contribution < -0.4 is 5.32 Å². The summed E-state index contributed by atoms with van der Waals surface area (Å²) in [5.41, 5.74) is -0.0792. The second-order valence-electron chi connectivity index (χ2n) is 7.72. The SMILES string of the molecule is C[C@H](NC(=O)C1(C)CCCCC1)[C@@H]1C[C@H]2CC[C@H]1C2. The number of fused-ring (bicyclic) bond motifs is 2. The maximum atomic E-state index is 12.6. The van der Waals surface area contributed by atoms with Gasteiger partial charge in [0.2, 0.25) is 5.91 Å². The lowest BCUT2D eigenvalue weighted by molar-refractivity contribution is -0.133. The third-order valence-electron chi connectivity index (χ3n) is 6.30. The summed E-state index contributed by atoms with van der Waals surface area (Å²) in [7, 11) is 0. The highest BCUT2D eigenvalue weighted by Crippen LogP contribution is 2.49. The van der Waals surface area contributed by atoms with Crippen LogP contribution in [-0.2, 0) is 4.79 Å². The lowest BCUT2D eigenvalue weighted by Gasteiger charge is -2.35. The molecule has 0 saturated heterocycles. The highest BCUT2D eigenvalue weighted by Gasteiger charge is 2.43. The molecular weight excluding hydrogens is 234 g/mol. The molecule has 4 atom stereocenters. The molecular formula is C17H29NO. The van der Waals surface area contributed by atoms with E-state index in [-0.39, 0.29) is 5.41 Å². The van der Waals surface area contributed by atoms with Crippen LogP contribution in [0.1, 0.15) is 71.6 Å². The van der Waals surface area contributed by atoms with E-state index in [9.17, 15) is 4.79 Å². The smallest absolute Gasteiger partial charge is 0.226 e. The van der Waals surface area contributed by atoms with Crippen LogP contribution in [0.3, 0.4) is 0 Å². The minimum atomic E-state index is -0.0792. The van der Waals surface area contributed by atoms with Crippen LogP contribution >= 0.6 is 0 Å². The number of rotatable bonds is 3. The molecule has 0 aromatic carbocycles. The van der Waals surface area contributed by atoms with Crippen molar-refractivity contribution in [2.24, 2.45) is 23.2 Å². The molecule has 1 N–H and O–H groups in total. The van der Waals surface area contributed by atoms with E-state index in [0.717, 1.165) is 30.6 Å². The first-order valence-corrected chi connectivity index (χ1v) is 8.39. The fourth-order valence-electron chi connectivity index (χ4n) is 4.95. The second-order valence-corrected chi connectivity index (χ2v) is 7.72. The van der Waals surface area contributed by atoms with E-state index in [1.165, 1.54) is 44.9 Å². The summed E-state index contributed by atoms with van der Waals surface area (Å²) in [5.74, 6) is 2.97. The Balaban J connectivity index is 1.57. The zero-order chi connectivity index (χ0) is 13.5. The van der Waals surface area contributed by atoms with Gasteiger partial charge in [0.15, 0.2) is 0 Å². The molecule has 3 saturated carbocycles. The monoisotopic (exact) mass is 263 g/mol. The Bertz CT molecular complexity index is 345. The van der Waals surface area contributed by atoms with Crippen LogP contribution in [0.5, 0.6) is 0 Å². The van der Waals surface area contributed by atoms with Crippen LogP contribution in [0, 0.1) is 23.2 Å². The molecule has 0 heterocycles. The van der Waals surface area contributed by atoms with Crippen molar-refractivity contribution in [1.29, 1.82) is 0 Å². The maximum absolute atomic E-state index is 12.6. The molecule has 3 aliphatic carbocycles. The lowest BCUT2D eigenvalue weighted by Crippen LogP contribution is -2.47. The number of amides is 1. The van der Waals surface area contributed by atoms with Crippen molar-refractivity contribution in [2.45, 2.75) is 77.7 Å². The topological polar surface area (TPSA) is 29.1 Å². The van der Waals surface area contributed by atoms with E-state index in [2.05, 4.69) is 19.2 Å². The van der Waals surface area contributed by atoms with E-state index in [1.807, 2.05) is 0 Å². The molecule has 0 radical (unpaired) electrons. The van der Waals surface area contributed by atoms with E-state index < -0.39 is 0 Å². The Kier molecular flexibility index (Phi) is 3.61. The number of carbonyl (C=O) groups excluding carboxylic acids is 1. The molecule has 2 bridgehead atoms. The molecule has 3 fully saturated rings. The molecule has 2 nitrogen and oxygen atoms in total. The molecule has 3 aliphatic rings. The zero-order valence-corrected chi connectivity index (χ0v) is 12.6. The highest BCUT2D eigenvalue weighted by atomic mass is 16.2. The highest BCUT2D eigenvalue weighted by molar-refractivity contribution is 5.82. The van der Waals surface area contributed by atoms with E-state index >= 15 is 0 Å². The van der Waals surface area contributed by atoms with Gasteiger partial charge in [0, 0.05) is 11.5 Å². The van der Waals surface area contributed by atoms with Crippen molar-refractivity contribution < 1.29 is 4.79 Å². The van der Waals surface area contributed by atoms with Gasteiger partial charge in [0.05, 0.1) is 0 Å². The Morgan fingerprint density at radius 2 is 1.89 bits per heavy atom. The first-order valence-electron chi connectivity index (χ1n) is 8.39. The van der Waals surface area contributed by atoms with Crippen molar-refractivity contribution in [3.63, 3.8) is 0 Å². The minimum Gasteiger partial charge on any atom is -0.353 e. The van der Waals surface area contributed by atoms with E-state index in [1.54, 1.807) is 0 Å². The average Bonchev–Trinajstić information content (AvgIpc) is 3.01. The van der Waals surface area contributed by atoms with E-state index in [0.29, 0.717) is 11.9 Å². The van der Waals surface area contributed by atoms with E-state index in [4.69, 9.17) is 0 Å². The molecule has 108 valence electrons. The number of carbonyl (C=O) groups is 1. The van der Waals surface area contributed by atoms with Gasteiger partial charge < -0.3 is 5.32 Å². The maximum Gasteiger partial charge on any atom is 0.226 e. The molecule has 1 amide bonds. The fourth-order valence-corrected chi connectivity index (χ4v) is 4.95. The molecule has 0 aromatic rings. The van der Waals surface area contributed by atoms with Crippen molar-refractivity contribution >= 4 is 5.91 Å². The van der Waals surface area contributed by atoms with Gasteiger partial charge in [-0.25, -0.2) is 0 Å². The predicted molar refractivity (Wildman–Crippen MR) is 77.7 cm³/mol. The van der Waals surface area contributed by atoms with Crippen molar-refractivity contribution in [3.8, 4) is 0 Å². The summed E-state index contributed by atoms with van der Waals surface area (Å²) in [6, 6.07) is 0.390. The van der Waals surface area contributed by atoms with Gasteiger partial charge in [0.1, 0.15) is 0 Å². The minimum absolute atomic E-state index is 0.0792. The Morgan fingerprint density at radius 1 is 1.16 bits per heavy atom. The van der Waals surface area contributed by atoms with Gasteiger partial charge in [0.25, 0.3) is 0 Å². The third kappa shape index (κ3) is 2.55. The van der Waals surface area contributed by atoms with Gasteiger partial charge in [-0.1, -0.05) is 32.6 Å². The summed E-state index contributed by atoms with van der Waals surface area (Å²) in [6.07, 6.45) is 11.6. The summed E-state index contributed by atoms with van der Waals surface area (Å²) >= 11 is 0. The number of nitrogens with one attached hydrogen (secondary N) is 1. The second kappa shape index (κ2) is 5.10. The molecule has 0 unspecified atom stereocenters. The Labute approximate surface area is 117 Å². The summed E-state index contributed by atoms with van der Waals surface area (Å²) < 4.78 is 0. The van der Waals surface area contributed by atoms with Crippen LogP contribution in [-0.4, -0.2) is 11.9 Å². The van der Waals surface area contributed by atoms with Crippen molar-refractivity contribution in [1.82, 2.24) is 5.32 Å². The zero-order valence-electron chi connectivity index (χ0n) is 12.6. The Morgan fingerprint density at radius 3 is 2.47 bits per heavy atom. The van der Waals surface area contributed by atoms with Gasteiger partial charge in [-0.3, -0.25) is 4.79 Å². The molecule has 19 heavy (non-hydrogen) atoms. The Hall–Kier alpha value is -0.530. The quantitative estimate of drug-likeness (QED) is 0.822. The number of hydrogen-bond donors (Lipinski definition) is 1. The van der Waals surface area contributed by atoms with Gasteiger partial charge >= 0.3 is 0 Å². The largest absolute Gasteiger partial charge is 0.353 e.